The molecular weight excluding hydrogens is 371 g/mol. The van der Waals surface area contributed by atoms with Gasteiger partial charge in [0.15, 0.2) is 0 Å². The lowest BCUT2D eigenvalue weighted by molar-refractivity contribution is -0.118. The average Bonchev–Trinajstić information content (AvgIpc) is 2.64. The quantitative estimate of drug-likeness (QED) is 0.698. The fraction of sp³-hybridized carbons (Fsp3) is 0.0500. The number of aromatic nitrogens is 1. The Kier molecular flexibility index (Phi) is 5.19. The molecule has 3 rings (SSSR count). The van der Waals surface area contributed by atoms with Gasteiger partial charge in [-0.1, -0.05) is 35.9 Å². The van der Waals surface area contributed by atoms with Gasteiger partial charge >= 0.3 is 5.97 Å². The Labute approximate surface area is 159 Å². The van der Waals surface area contributed by atoms with Crippen LogP contribution in [0.25, 0.3) is 11.3 Å². The molecule has 136 valence electrons. The van der Waals surface area contributed by atoms with Crippen molar-refractivity contribution in [2.45, 2.75) is 5.92 Å². The van der Waals surface area contributed by atoms with Crippen molar-refractivity contribution in [2.75, 3.05) is 0 Å². The predicted octanol–water partition coefficient (Wildman–Crippen LogP) is 3.86. The van der Waals surface area contributed by atoms with Crippen molar-refractivity contribution in [3.63, 3.8) is 0 Å². The van der Waals surface area contributed by atoms with Crippen molar-refractivity contribution in [1.29, 1.82) is 0 Å². The summed E-state index contributed by atoms with van der Waals surface area (Å²) in [5, 5.41) is 9.07. The third-order valence-corrected chi connectivity index (χ3v) is 4.40. The molecule has 5 nitrogen and oxygen atoms in total. The number of amides is 1. The summed E-state index contributed by atoms with van der Waals surface area (Å²) in [6.45, 7) is 0. The lowest BCUT2D eigenvalue weighted by Gasteiger charge is -2.16. The van der Waals surface area contributed by atoms with Gasteiger partial charge < -0.3 is 10.8 Å². The fourth-order valence-electron chi connectivity index (χ4n) is 2.78. The number of primary amides is 1. The third-order valence-electron chi connectivity index (χ3n) is 4.07. The Bertz CT molecular complexity index is 1000. The van der Waals surface area contributed by atoms with Gasteiger partial charge in [-0.2, -0.15) is 0 Å². The number of carbonyl (C=O) groups excluding carboxylic acids is 1. The first-order valence-electron chi connectivity index (χ1n) is 7.92. The minimum absolute atomic E-state index is 0.0301. The van der Waals surface area contributed by atoms with E-state index in [1.165, 1.54) is 30.3 Å². The van der Waals surface area contributed by atoms with Crippen molar-refractivity contribution in [2.24, 2.45) is 5.73 Å². The maximum absolute atomic E-state index is 14.3. The Morgan fingerprint density at radius 1 is 1.04 bits per heavy atom. The molecule has 0 aliphatic heterocycles. The Hall–Kier alpha value is -3.25. The summed E-state index contributed by atoms with van der Waals surface area (Å²) >= 11 is 6.09. The van der Waals surface area contributed by atoms with Crippen LogP contribution in [0.15, 0.2) is 60.7 Å². The topological polar surface area (TPSA) is 93.3 Å². The molecule has 3 N–H and O–H groups in total. The molecule has 0 aliphatic carbocycles. The molecule has 0 saturated carbocycles. The van der Waals surface area contributed by atoms with Crippen LogP contribution < -0.4 is 5.73 Å². The minimum Gasteiger partial charge on any atom is -0.478 e. The molecule has 0 saturated heterocycles. The summed E-state index contributed by atoms with van der Waals surface area (Å²) < 4.78 is 14.3. The molecule has 1 aromatic heterocycles. The standard InChI is InChI=1S/C20H14ClFN2O3/c21-13-3-1-4-14(22)17(13)18(19(23)25)16-6-2-5-15(24-16)11-7-9-12(10-8-11)20(26)27/h1-10,18H,(H2,23,25)(H,26,27). The van der Waals surface area contributed by atoms with E-state index in [0.29, 0.717) is 11.3 Å². The largest absolute Gasteiger partial charge is 0.478 e. The number of carboxylic acid groups (broad SMARTS) is 1. The van der Waals surface area contributed by atoms with Crippen LogP contribution in [0.2, 0.25) is 5.02 Å². The lowest BCUT2D eigenvalue weighted by Crippen LogP contribution is -2.24. The van der Waals surface area contributed by atoms with E-state index in [1.54, 1.807) is 30.3 Å². The van der Waals surface area contributed by atoms with E-state index in [-0.39, 0.29) is 21.8 Å². The van der Waals surface area contributed by atoms with E-state index in [1.807, 2.05) is 0 Å². The van der Waals surface area contributed by atoms with Crippen LogP contribution in [0.1, 0.15) is 27.5 Å². The molecule has 0 aliphatic rings. The molecule has 0 bridgehead atoms. The Morgan fingerprint density at radius 3 is 2.30 bits per heavy atom. The molecule has 2 aromatic carbocycles. The van der Waals surface area contributed by atoms with Crippen LogP contribution in [0.4, 0.5) is 4.39 Å². The summed E-state index contributed by atoms with van der Waals surface area (Å²) in [7, 11) is 0. The van der Waals surface area contributed by atoms with Crippen molar-refractivity contribution < 1.29 is 19.1 Å². The average molecular weight is 385 g/mol. The lowest BCUT2D eigenvalue weighted by atomic mass is 9.93. The van der Waals surface area contributed by atoms with Gasteiger partial charge in [0.1, 0.15) is 11.7 Å². The molecule has 0 fully saturated rings. The van der Waals surface area contributed by atoms with E-state index in [9.17, 15) is 14.0 Å². The number of hydrogen-bond donors (Lipinski definition) is 2. The van der Waals surface area contributed by atoms with E-state index in [0.717, 1.165) is 0 Å². The molecule has 3 aromatic rings. The number of nitrogens with two attached hydrogens (primary N) is 1. The van der Waals surface area contributed by atoms with Crippen molar-refractivity contribution in [1.82, 2.24) is 4.98 Å². The molecule has 1 atom stereocenters. The molecule has 7 heteroatoms. The number of hydrogen-bond acceptors (Lipinski definition) is 3. The van der Waals surface area contributed by atoms with Crippen LogP contribution in [0.3, 0.4) is 0 Å². The van der Waals surface area contributed by atoms with E-state index in [4.69, 9.17) is 22.4 Å². The highest BCUT2D eigenvalue weighted by atomic mass is 35.5. The summed E-state index contributed by atoms with van der Waals surface area (Å²) in [5.74, 6) is -3.62. The van der Waals surface area contributed by atoms with Crippen molar-refractivity contribution in [3.05, 3.63) is 88.3 Å². The summed E-state index contributed by atoms with van der Waals surface area (Å²) in [4.78, 5) is 27.5. The molecule has 1 unspecified atom stereocenters. The zero-order chi connectivity index (χ0) is 19.6. The summed E-state index contributed by atoms with van der Waals surface area (Å²) in [6, 6.07) is 15.1. The molecular formula is C20H14ClFN2O3. The molecule has 1 amide bonds. The van der Waals surface area contributed by atoms with Crippen molar-refractivity contribution >= 4 is 23.5 Å². The monoisotopic (exact) mass is 384 g/mol. The first kappa shape index (κ1) is 18.5. The number of aromatic carboxylic acids is 1. The van der Waals surface area contributed by atoms with Gasteiger partial charge in [0.25, 0.3) is 0 Å². The number of rotatable bonds is 5. The summed E-state index contributed by atoms with van der Waals surface area (Å²) in [5.41, 5.74) is 7.00. The zero-order valence-corrected chi connectivity index (χ0v) is 14.7. The van der Waals surface area contributed by atoms with Gasteiger partial charge in [0.05, 0.1) is 17.0 Å². The molecule has 27 heavy (non-hydrogen) atoms. The number of nitrogens with zero attached hydrogens (tertiary/aromatic N) is 1. The summed E-state index contributed by atoms with van der Waals surface area (Å²) in [6.07, 6.45) is 0. The SMILES string of the molecule is NC(=O)C(c1cccc(-c2ccc(C(=O)O)cc2)n1)c1c(F)cccc1Cl. The van der Waals surface area contributed by atoms with E-state index in [2.05, 4.69) is 4.98 Å². The number of halogens is 2. The predicted molar refractivity (Wildman–Crippen MR) is 99.1 cm³/mol. The number of pyridine rings is 1. The zero-order valence-electron chi connectivity index (χ0n) is 13.9. The maximum atomic E-state index is 14.3. The van der Waals surface area contributed by atoms with Crippen LogP contribution in [-0.4, -0.2) is 22.0 Å². The van der Waals surface area contributed by atoms with Gasteiger partial charge in [0, 0.05) is 16.1 Å². The second-order valence-electron chi connectivity index (χ2n) is 5.80. The fourth-order valence-corrected chi connectivity index (χ4v) is 3.05. The maximum Gasteiger partial charge on any atom is 0.335 e. The molecule has 0 spiro atoms. The highest BCUT2D eigenvalue weighted by Crippen LogP contribution is 2.32. The van der Waals surface area contributed by atoms with Crippen LogP contribution in [0, 0.1) is 5.82 Å². The highest BCUT2D eigenvalue weighted by Gasteiger charge is 2.27. The number of benzene rings is 2. The number of carbonyl (C=O) groups is 2. The molecule has 0 radical (unpaired) electrons. The highest BCUT2D eigenvalue weighted by molar-refractivity contribution is 6.31. The van der Waals surface area contributed by atoms with Gasteiger partial charge in [-0.25, -0.2) is 9.18 Å². The smallest absolute Gasteiger partial charge is 0.335 e. The van der Waals surface area contributed by atoms with Gasteiger partial charge in [-0.05, 0) is 36.4 Å². The van der Waals surface area contributed by atoms with E-state index >= 15 is 0 Å². The normalized spacial score (nSPS) is 11.8. The minimum atomic E-state index is -1.16. The van der Waals surface area contributed by atoms with Gasteiger partial charge in [-0.3, -0.25) is 9.78 Å². The second-order valence-corrected chi connectivity index (χ2v) is 6.21. The van der Waals surface area contributed by atoms with Crippen LogP contribution >= 0.6 is 11.6 Å². The Balaban J connectivity index is 2.07. The first-order chi connectivity index (χ1) is 12.9. The van der Waals surface area contributed by atoms with E-state index < -0.39 is 23.6 Å². The van der Waals surface area contributed by atoms with Crippen LogP contribution in [0.5, 0.6) is 0 Å². The third kappa shape index (κ3) is 3.80. The van der Waals surface area contributed by atoms with Crippen LogP contribution in [-0.2, 0) is 4.79 Å². The van der Waals surface area contributed by atoms with Gasteiger partial charge in [-0.15, -0.1) is 0 Å². The Morgan fingerprint density at radius 2 is 1.70 bits per heavy atom. The molecule has 1 heterocycles. The van der Waals surface area contributed by atoms with Gasteiger partial charge in [0.2, 0.25) is 5.91 Å². The second kappa shape index (κ2) is 7.55. The van der Waals surface area contributed by atoms with Crippen molar-refractivity contribution in [3.8, 4) is 11.3 Å². The number of carboxylic acids is 1. The first-order valence-corrected chi connectivity index (χ1v) is 8.30.